The quantitative estimate of drug-likeness (QED) is 0.740. The summed E-state index contributed by atoms with van der Waals surface area (Å²) >= 11 is 5.96. The summed E-state index contributed by atoms with van der Waals surface area (Å²) in [4.78, 5) is 14.3. The molecule has 0 radical (unpaired) electrons. The van der Waals surface area contributed by atoms with E-state index in [0.29, 0.717) is 35.9 Å². The van der Waals surface area contributed by atoms with Crippen LogP contribution in [0.2, 0.25) is 5.02 Å². The van der Waals surface area contributed by atoms with Gasteiger partial charge in [0.1, 0.15) is 11.4 Å². The summed E-state index contributed by atoms with van der Waals surface area (Å²) in [6.45, 7) is 1.08. The summed E-state index contributed by atoms with van der Waals surface area (Å²) < 4.78 is 0. The van der Waals surface area contributed by atoms with E-state index in [4.69, 9.17) is 11.6 Å². The van der Waals surface area contributed by atoms with E-state index in [2.05, 4.69) is 25.7 Å². The topological polar surface area (TPSA) is 86.8 Å². The Hall–Kier alpha value is -2.93. The van der Waals surface area contributed by atoms with Gasteiger partial charge in [0.2, 0.25) is 0 Å². The van der Waals surface area contributed by atoms with Gasteiger partial charge in [-0.05, 0) is 30.3 Å². The first kappa shape index (κ1) is 15.6. The van der Waals surface area contributed by atoms with Crippen molar-refractivity contribution in [3.8, 4) is 11.4 Å². The Morgan fingerprint density at radius 1 is 1.28 bits per heavy atom. The zero-order valence-corrected chi connectivity index (χ0v) is 14.0. The number of hydrogen-bond acceptors (Lipinski definition) is 4. The van der Waals surface area contributed by atoms with Crippen molar-refractivity contribution in [3.63, 3.8) is 0 Å². The van der Waals surface area contributed by atoms with Crippen LogP contribution < -0.4 is 5.32 Å². The largest absolute Gasteiger partial charge is 0.322 e. The fourth-order valence-corrected chi connectivity index (χ4v) is 3.07. The molecule has 3 aromatic rings. The van der Waals surface area contributed by atoms with E-state index in [9.17, 15) is 4.79 Å². The van der Waals surface area contributed by atoms with E-state index < -0.39 is 0 Å². The zero-order valence-electron chi connectivity index (χ0n) is 13.2. The Kier molecular flexibility index (Phi) is 4.07. The van der Waals surface area contributed by atoms with Gasteiger partial charge in [-0.1, -0.05) is 17.7 Å². The van der Waals surface area contributed by atoms with Crippen molar-refractivity contribution in [2.45, 2.75) is 13.0 Å². The average Bonchev–Trinajstić information content (AvgIpc) is 3.05. The number of H-pyrrole nitrogens is 1. The monoisotopic (exact) mass is 354 g/mol. The fraction of sp³-hybridized carbons (Fsp3) is 0.176. The van der Waals surface area contributed by atoms with Gasteiger partial charge < -0.3 is 10.2 Å². The SMILES string of the molecule is O=C(Nc1cccc(Cl)c1)N1CCc2[nH]nc(-c3cccnn3)c2C1. The van der Waals surface area contributed by atoms with Crippen LogP contribution >= 0.6 is 11.6 Å². The number of nitrogens with zero attached hydrogens (tertiary/aromatic N) is 4. The molecule has 7 nitrogen and oxygen atoms in total. The molecule has 1 aliphatic rings. The minimum absolute atomic E-state index is 0.167. The lowest BCUT2D eigenvalue weighted by Crippen LogP contribution is -2.38. The van der Waals surface area contributed by atoms with Crippen LogP contribution in [0.1, 0.15) is 11.3 Å². The molecule has 0 unspecified atom stereocenters. The lowest BCUT2D eigenvalue weighted by atomic mass is 10.0. The highest BCUT2D eigenvalue weighted by molar-refractivity contribution is 6.30. The number of hydrogen-bond donors (Lipinski definition) is 2. The maximum Gasteiger partial charge on any atom is 0.322 e. The maximum absolute atomic E-state index is 12.6. The second kappa shape index (κ2) is 6.52. The van der Waals surface area contributed by atoms with E-state index in [1.807, 2.05) is 18.2 Å². The number of nitrogens with one attached hydrogen (secondary N) is 2. The molecule has 0 aliphatic carbocycles. The third-order valence-corrected chi connectivity index (χ3v) is 4.35. The lowest BCUT2D eigenvalue weighted by molar-refractivity contribution is 0.206. The highest BCUT2D eigenvalue weighted by Crippen LogP contribution is 2.27. The second-order valence-corrected chi connectivity index (χ2v) is 6.19. The summed E-state index contributed by atoms with van der Waals surface area (Å²) in [5.41, 5.74) is 4.12. The predicted molar refractivity (Wildman–Crippen MR) is 94.2 cm³/mol. The summed E-state index contributed by atoms with van der Waals surface area (Å²) in [6, 6.07) is 10.6. The Morgan fingerprint density at radius 2 is 2.20 bits per heavy atom. The highest BCUT2D eigenvalue weighted by atomic mass is 35.5. The fourth-order valence-electron chi connectivity index (χ4n) is 2.88. The van der Waals surface area contributed by atoms with Crippen molar-refractivity contribution in [1.82, 2.24) is 25.3 Å². The molecule has 0 bridgehead atoms. The summed E-state index contributed by atoms with van der Waals surface area (Å²) in [5, 5.41) is 18.9. The number of rotatable bonds is 2. The van der Waals surface area contributed by atoms with Crippen LogP contribution in [-0.2, 0) is 13.0 Å². The Morgan fingerprint density at radius 3 is 3.00 bits per heavy atom. The van der Waals surface area contributed by atoms with E-state index in [1.165, 1.54) is 0 Å². The number of carbonyl (C=O) groups is 1. The minimum atomic E-state index is -0.167. The van der Waals surface area contributed by atoms with Crippen molar-refractivity contribution in [2.24, 2.45) is 0 Å². The van der Waals surface area contributed by atoms with Gasteiger partial charge in [0.05, 0.1) is 6.54 Å². The van der Waals surface area contributed by atoms with Crippen molar-refractivity contribution in [1.29, 1.82) is 0 Å². The van der Waals surface area contributed by atoms with E-state index in [1.54, 1.807) is 29.3 Å². The molecule has 1 aromatic carbocycles. The standard InChI is InChI=1S/C17H15ClN6O/c18-11-3-1-4-12(9-11)20-17(25)24-8-6-14-13(10-24)16(23-22-14)15-5-2-7-19-21-15/h1-5,7,9H,6,8,10H2,(H,20,25)(H,22,23). The third-order valence-electron chi connectivity index (χ3n) is 4.11. The van der Waals surface area contributed by atoms with Gasteiger partial charge in [0, 0.05) is 41.1 Å². The Labute approximate surface area is 149 Å². The molecule has 3 heterocycles. The van der Waals surface area contributed by atoms with Gasteiger partial charge in [-0.3, -0.25) is 5.10 Å². The first-order chi connectivity index (χ1) is 12.2. The lowest BCUT2D eigenvalue weighted by Gasteiger charge is -2.27. The van der Waals surface area contributed by atoms with Crippen molar-refractivity contribution < 1.29 is 4.79 Å². The first-order valence-corrected chi connectivity index (χ1v) is 8.24. The van der Waals surface area contributed by atoms with Crippen LogP contribution in [0.3, 0.4) is 0 Å². The number of urea groups is 1. The molecule has 0 saturated carbocycles. The molecule has 126 valence electrons. The molecule has 2 aromatic heterocycles. The van der Waals surface area contributed by atoms with Crippen LogP contribution in [0.5, 0.6) is 0 Å². The number of aromatic nitrogens is 4. The smallest absolute Gasteiger partial charge is 0.320 e. The van der Waals surface area contributed by atoms with E-state index in [-0.39, 0.29) is 6.03 Å². The molecular formula is C17H15ClN6O. The number of carbonyl (C=O) groups excluding carboxylic acids is 1. The molecule has 0 fully saturated rings. The Balaban J connectivity index is 1.54. The molecule has 2 N–H and O–H groups in total. The molecule has 1 aliphatic heterocycles. The number of aromatic amines is 1. The molecule has 2 amide bonds. The van der Waals surface area contributed by atoms with Crippen LogP contribution in [-0.4, -0.2) is 37.9 Å². The van der Waals surface area contributed by atoms with Gasteiger partial charge in [-0.15, -0.1) is 5.10 Å². The third kappa shape index (κ3) is 3.18. The molecule has 0 saturated heterocycles. The maximum atomic E-state index is 12.6. The van der Waals surface area contributed by atoms with Gasteiger partial charge in [-0.25, -0.2) is 4.79 Å². The first-order valence-electron chi connectivity index (χ1n) is 7.86. The van der Waals surface area contributed by atoms with E-state index in [0.717, 1.165) is 17.0 Å². The highest BCUT2D eigenvalue weighted by Gasteiger charge is 2.26. The zero-order chi connectivity index (χ0) is 17.2. The normalized spacial score (nSPS) is 13.4. The van der Waals surface area contributed by atoms with Crippen molar-refractivity contribution in [3.05, 3.63) is 58.9 Å². The van der Waals surface area contributed by atoms with Crippen molar-refractivity contribution in [2.75, 3.05) is 11.9 Å². The second-order valence-electron chi connectivity index (χ2n) is 5.75. The van der Waals surface area contributed by atoms with Crippen LogP contribution in [0.4, 0.5) is 10.5 Å². The molecule has 25 heavy (non-hydrogen) atoms. The van der Waals surface area contributed by atoms with Crippen molar-refractivity contribution >= 4 is 23.3 Å². The van der Waals surface area contributed by atoms with Crippen LogP contribution in [0.15, 0.2) is 42.6 Å². The molecular weight excluding hydrogens is 340 g/mol. The number of halogens is 1. The number of amides is 2. The summed E-state index contributed by atoms with van der Waals surface area (Å²) in [7, 11) is 0. The number of fused-ring (bicyclic) bond motifs is 1. The van der Waals surface area contributed by atoms with Gasteiger partial charge in [0.15, 0.2) is 0 Å². The van der Waals surface area contributed by atoms with Crippen LogP contribution in [0, 0.1) is 0 Å². The number of benzene rings is 1. The average molecular weight is 355 g/mol. The summed E-state index contributed by atoms with van der Waals surface area (Å²) in [6.07, 6.45) is 2.33. The Bertz CT molecular complexity index is 911. The van der Waals surface area contributed by atoms with Gasteiger partial charge in [-0.2, -0.15) is 10.2 Å². The van der Waals surface area contributed by atoms with E-state index >= 15 is 0 Å². The van der Waals surface area contributed by atoms with Gasteiger partial charge in [0.25, 0.3) is 0 Å². The van der Waals surface area contributed by atoms with Gasteiger partial charge >= 0.3 is 6.03 Å². The van der Waals surface area contributed by atoms with Crippen LogP contribution in [0.25, 0.3) is 11.4 Å². The molecule has 4 rings (SSSR count). The number of anilines is 1. The predicted octanol–water partition coefficient (Wildman–Crippen LogP) is 3.11. The summed E-state index contributed by atoms with van der Waals surface area (Å²) in [5.74, 6) is 0. The molecule has 0 spiro atoms. The molecule has 0 atom stereocenters. The molecule has 8 heteroatoms. The minimum Gasteiger partial charge on any atom is -0.320 e.